The van der Waals surface area contributed by atoms with Crippen LogP contribution in [-0.4, -0.2) is 25.2 Å². The Morgan fingerprint density at radius 3 is 2.35 bits per heavy atom. The fourth-order valence-corrected chi connectivity index (χ4v) is 7.24. The Morgan fingerprint density at radius 1 is 1.08 bits per heavy atom. The van der Waals surface area contributed by atoms with Crippen molar-refractivity contribution in [3.8, 4) is 16.9 Å². The predicted molar refractivity (Wildman–Crippen MR) is 140 cm³/mol. The number of nitrogens with zero attached hydrogens (tertiary/aromatic N) is 1. The minimum absolute atomic E-state index is 0.212. The molecule has 1 aliphatic heterocycles. The van der Waals surface area contributed by atoms with E-state index < -0.39 is 27.4 Å². The van der Waals surface area contributed by atoms with Gasteiger partial charge in [-0.05, 0) is 78.4 Å². The van der Waals surface area contributed by atoms with Crippen molar-refractivity contribution in [2.75, 3.05) is 6.54 Å². The monoisotopic (exact) mass is 525 g/mol. The summed E-state index contributed by atoms with van der Waals surface area (Å²) in [5, 5.41) is 0. The van der Waals surface area contributed by atoms with Crippen LogP contribution in [0, 0.1) is 12.7 Å². The maximum Gasteiger partial charge on any atom is 0.352 e. The van der Waals surface area contributed by atoms with Crippen LogP contribution in [0.1, 0.15) is 62.9 Å². The number of benzene rings is 3. The summed E-state index contributed by atoms with van der Waals surface area (Å²) in [5.41, 5.74) is 4.56. The van der Waals surface area contributed by atoms with Gasteiger partial charge in [-0.2, -0.15) is 4.31 Å². The molecule has 0 amide bonds. The highest BCUT2D eigenvalue weighted by Gasteiger charge is 2.42. The second-order valence-corrected chi connectivity index (χ2v) is 12.0. The van der Waals surface area contributed by atoms with Crippen LogP contribution in [0.2, 0.25) is 0 Å². The summed E-state index contributed by atoms with van der Waals surface area (Å²) in [4.78, 5) is 21.2. The molecule has 8 heteroatoms. The molecule has 0 fully saturated rings. The van der Waals surface area contributed by atoms with Crippen molar-refractivity contribution in [1.29, 1.82) is 0 Å². The van der Waals surface area contributed by atoms with Crippen molar-refractivity contribution in [3.05, 3.63) is 82.7 Å². The Hall–Kier alpha value is -3.23. The van der Waals surface area contributed by atoms with Gasteiger partial charge < -0.3 is 0 Å². The Morgan fingerprint density at radius 2 is 1.73 bits per heavy atom. The van der Waals surface area contributed by atoms with E-state index in [9.17, 15) is 17.6 Å². The lowest BCUT2D eigenvalue weighted by Crippen LogP contribution is -2.47. The van der Waals surface area contributed by atoms with Crippen molar-refractivity contribution in [2.24, 2.45) is 0 Å². The van der Waals surface area contributed by atoms with Crippen LogP contribution in [0.25, 0.3) is 11.1 Å². The SMILES string of the molecule is CCc1c(S(=O)(=O)N2CC(C)(C)c3ccc(-c4ccc(F)cc4)cc3C2C)ccc(OOC(C)=O)c1C. The first-order valence-corrected chi connectivity index (χ1v) is 13.7. The zero-order valence-electron chi connectivity index (χ0n) is 22.0. The number of carbonyl (C=O) groups is 1. The summed E-state index contributed by atoms with van der Waals surface area (Å²) in [7, 11) is -3.90. The third-order valence-electron chi connectivity index (χ3n) is 7.09. The Labute approximate surface area is 218 Å². The smallest absolute Gasteiger partial charge is 0.287 e. The molecule has 0 saturated heterocycles. The van der Waals surface area contributed by atoms with Crippen molar-refractivity contribution in [2.45, 2.75) is 64.3 Å². The predicted octanol–water partition coefficient (Wildman–Crippen LogP) is 6.26. The highest BCUT2D eigenvalue weighted by molar-refractivity contribution is 7.89. The largest absolute Gasteiger partial charge is 0.352 e. The molecule has 4 rings (SSSR count). The van der Waals surface area contributed by atoms with Gasteiger partial charge in [0.25, 0.3) is 0 Å². The molecule has 3 aromatic carbocycles. The number of hydrogen-bond donors (Lipinski definition) is 0. The minimum atomic E-state index is -3.90. The van der Waals surface area contributed by atoms with Gasteiger partial charge in [-0.15, -0.1) is 0 Å². The van der Waals surface area contributed by atoms with Crippen LogP contribution in [0.4, 0.5) is 4.39 Å². The molecule has 0 aliphatic carbocycles. The molecule has 1 heterocycles. The Balaban J connectivity index is 1.78. The van der Waals surface area contributed by atoms with Gasteiger partial charge in [-0.3, -0.25) is 9.78 Å². The van der Waals surface area contributed by atoms with Gasteiger partial charge in [0.05, 0.1) is 4.90 Å². The van der Waals surface area contributed by atoms with Crippen molar-refractivity contribution in [3.63, 3.8) is 0 Å². The van der Waals surface area contributed by atoms with Crippen molar-refractivity contribution in [1.82, 2.24) is 4.31 Å². The third kappa shape index (κ3) is 5.00. The lowest BCUT2D eigenvalue weighted by atomic mass is 9.76. The lowest BCUT2D eigenvalue weighted by Gasteiger charge is -2.43. The topological polar surface area (TPSA) is 72.9 Å². The first kappa shape index (κ1) is 26.8. The average Bonchev–Trinajstić information content (AvgIpc) is 2.85. The second kappa shape index (κ2) is 9.91. The normalized spacial score (nSPS) is 17.2. The summed E-state index contributed by atoms with van der Waals surface area (Å²) >= 11 is 0. The van der Waals surface area contributed by atoms with Gasteiger partial charge in [0.1, 0.15) is 5.82 Å². The molecule has 37 heavy (non-hydrogen) atoms. The van der Waals surface area contributed by atoms with Crippen LogP contribution in [-0.2, 0) is 31.5 Å². The third-order valence-corrected chi connectivity index (χ3v) is 9.09. The van der Waals surface area contributed by atoms with E-state index >= 15 is 0 Å². The van der Waals surface area contributed by atoms with E-state index in [1.165, 1.54) is 31.2 Å². The van der Waals surface area contributed by atoms with Gasteiger partial charge in [-0.1, -0.05) is 45.0 Å². The molecule has 0 spiro atoms. The maximum absolute atomic E-state index is 14.2. The number of fused-ring (bicyclic) bond motifs is 1. The molecular formula is C29H32FNO5S. The van der Waals surface area contributed by atoms with Crippen LogP contribution >= 0.6 is 0 Å². The summed E-state index contributed by atoms with van der Waals surface area (Å²) in [6.45, 7) is 11.2. The van der Waals surface area contributed by atoms with Gasteiger partial charge >= 0.3 is 5.97 Å². The van der Waals surface area contributed by atoms with Crippen molar-refractivity contribution < 1.29 is 27.4 Å². The van der Waals surface area contributed by atoms with Gasteiger partial charge in [0, 0.05) is 30.5 Å². The fraction of sp³-hybridized carbons (Fsp3) is 0.345. The molecule has 196 valence electrons. The van der Waals surface area contributed by atoms with E-state index in [2.05, 4.69) is 11.0 Å². The molecule has 3 aromatic rings. The number of halogens is 1. The van der Waals surface area contributed by atoms with Crippen LogP contribution in [0.5, 0.6) is 5.75 Å². The van der Waals surface area contributed by atoms with E-state index in [-0.39, 0.29) is 10.7 Å². The van der Waals surface area contributed by atoms with Gasteiger partial charge in [0.15, 0.2) is 5.75 Å². The molecule has 1 atom stereocenters. The van der Waals surface area contributed by atoms with Crippen LogP contribution < -0.4 is 4.89 Å². The molecule has 1 aliphatic rings. The van der Waals surface area contributed by atoms with Gasteiger partial charge in [-0.25, -0.2) is 17.6 Å². The average molecular weight is 526 g/mol. The Bertz CT molecular complexity index is 1450. The fourth-order valence-electron chi connectivity index (χ4n) is 5.12. The summed E-state index contributed by atoms with van der Waals surface area (Å²) in [6, 6.07) is 15.0. The van der Waals surface area contributed by atoms with E-state index in [0.29, 0.717) is 29.8 Å². The summed E-state index contributed by atoms with van der Waals surface area (Å²) in [6.07, 6.45) is 0.453. The van der Waals surface area contributed by atoms with Crippen molar-refractivity contribution >= 4 is 16.0 Å². The summed E-state index contributed by atoms with van der Waals surface area (Å²) < 4.78 is 43.3. The second-order valence-electron chi connectivity index (χ2n) is 10.1. The molecule has 1 unspecified atom stereocenters. The number of rotatable bonds is 6. The quantitative estimate of drug-likeness (QED) is 0.280. The molecule has 0 saturated carbocycles. The molecule has 6 nitrogen and oxygen atoms in total. The number of carbonyl (C=O) groups excluding carboxylic acids is 1. The summed E-state index contributed by atoms with van der Waals surface area (Å²) in [5.74, 6) is -0.607. The lowest BCUT2D eigenvalue weighted by molar-refractivity contribution is -0.211. The first-order valence-electron chi connectivity index (χ1n) is 12.3. The minimum Gasteiger partial charge on any atom is -0.287 e. The van der Waals surface area contributed by atoms with E-state index in [0.717, 1.165) is 22.3 Å². The molecule has 0 aromatic heterocycles. The van der Waals surface area contributed by atoms with E-state index in [1.54, 1.807) is 23.4 Å². The molecule has 0 radical (unpaired) electrons. The van der Waals surface area contributed by atoms with E-state index in [1.807, 2.05) is 39.8 Å². The zero-order chi connectivity index (χ0) is 27.1. The zero-order valence-corrected chi connectivity index (χ0v) is 22.8. The highest BCUT2D eigenvalue weighted by atomic mass is 32.2. The Kier molecular flexibility index (Phi) is 7.18. The maximum atomic E-state index is 14.2. The van der Waals surface area contributed by atoms with Crippen LogP contribution in [0.3, 0.4) is 0 Å². The standard InChI is InChI=1S/C29H32FNO5S/c1-7-24-18(2)27(36-35-20(4)32)14-15-28(24)37(33,34)31-17-29(5,6)26-13-10-22(16-25(26)19(31)3)21-8-11-23(30)12-9-21/h8-16,19H,7,17H2,1-6H3. The van der Waals surface area contributed by atoms with Gasteiger partial charge in [0.2, 0.25) is 10.0 Å². The van der Waals surface area contributed by atoms with Crippen LogP contribution in [0.15, 0.2) is 59.5 Å². The van der Waals surface area contributed by atoms with E-state index in [4.69, 9.17) is 4.89 Å². The first-order chi connectivity index (χ1) is 17.4. The highest BCUT2D eigenvalue weighted by Crippen LogP contribution is 2.44. The molecule has 0 N–H and O–H groups in total. The molecular weight excluding hydrogens is 493 g/mol. The number of sulfonamides is 1. The number of hydrogen-bond acceptors (Lipinski definition) is 5. The molecule has 0 bridgehead atoms.